The number of nitrogens with zero attached hydrogens (tertiary/aromatic N) is 3. The predicted molar refractivity (Wildman–Crippen MR) is 80.3 cm³/mol. The first-order chi connectivity index (χ1) is 8.90. The third kappa shape index (κ3) is 5.14. The molecule has 0 aromatic heterocycles. The Morgan fingerprint density at radius 2 is 1.89 bits per heavy atom. The fraction of sp³-hybridized carbons (Fsp3) is 0.286. The van der Waals surface area contributed by atoms with Crippen LogP contribution in [0.25, 0.3) is 5.57 Å². The number of aliphatic imine (C=N–C) groups is 1. The molecule has 5 heteroatoms. The van der Waals surface area contributed by atoms with E-state index >= 15 is 0 Å². The Bertz CT molecular complexity index is 507. The maximum Gasteiger partial charge on any atom is 0.280 e. The molecule has 102 valence electrons. The molecule has 0 saturated carbocycles. The average molecular weight is 280 g/mol. The molecule has 0 saturated heterocycles. The van der Waals surface area contributed by atoms with Gasteiger partial charge in [0.15, 0.2) is 0 Å². The van der Waals surface area contributed by atoms with E-state index in [-0.39, 0.29) is 5.91 Å². The molecule has 19 heavy (non-hydrogen) atoms. The minimum atomic E-state index is -0.301. The van der Waals surface area contributed by atoms with Gasteiger partial charge in [0.25, 0.3) is 5.91 Å². The van der Waals surface area contributed by atoms with E-state index < -0.39 is 0 Å². The van der Waals surface area contributed by atoms with Gasteiger partial charge in [-0.2, -0.15) is 4.99 Å². The summed E-state index contributed by atoms with van der Waals surface area (Å²) >= 11 is 5.96. The van der Waals surface area contributed by atoms with Crippen molar-refractivity contribution in [2.24, 2.45) is 4.99 Å². The molecule has 0 radical (unpaired) electrons. The van der Waals surface area contributed by atoms with E-state index in [1.165, 1.54) is 6.34 Å². The zero-order chi connectivity index (χ0) is 14.4. The van der Waals surface area contributed by atoms with Gasteiger partial charge in [0.05, 0.1) is 11.9 Å². The number of amides is 1. The minimum absolute atomic E-state index is 0.301. The van der Waals surface area contributed by atoms with Crippen molar-refractivity contribution in [1.29, 1.82) is 0 Å². The van der Waals surface area contributed by atoms with Gasteiger partial charge < -0.3 is 9.80 Å². The van der Waals surface area contributed by atoms with Crippen LogP contribution in [0, 0.1) is 0 Å². The lowest BCUT2D eigenvalue weighted by Gasteiger charge is -2.10. The monoisotopic (exact) mass is 279 g/mol. The first-order valence-corrected chi connectivity index (χ1v) is 6.17. The topological polar surface area (TPSA) is 35.9 Å². The molecule has 1 amide bonds. The van der Waals surface area contributed by atoms with Crippen LogP contribution < -0.4 is 0 Å². The smallest absolute Gasteiger partial charge is 0.280 e. The molecule has 0 aliphatic rings. The molecule has 4 nitrogen and oxygen atoms in total. The van der Waals surface area contributed by atoms with Crippen LogP contribution in [0.15, 0.2) is 35.5 Å². The zero-order valence-electron chi connectivity index (χ0n) is 11.6. The highest BCUT2D eigenvalue weighted by atomic mass is 35.5. The molecule has 0 aliphatic carbocycles. The van der Waals surface area contributed by atoms with Crippen LogP contribution in [0.4, 0.5) is 0 Å². The van der Waals surface area contributed by atoms with E-state index in [0.29, 0.717) is 10.6 Å². The normalized spacial score (nSPS) is 11.7. The van der Waals surface area contributed by atoms with E-state index in [4.69, 9.17) is 11.6 Å². The summed E-state index contributed by atoms with van der Waals surface area (Å²) in [6.45, 7) is 0. The third-order valence-corrected chi connectivity index (χ3v) is 2.39. The Kier molecular flexibility index (Phi) is 5.57. The summed E-state index contributed by atoms with van der Waals surface area (Å²) in [5.74, 6) is -0.301. The summed E-state index contributed by atoms with van der Waals surface area (Å²) in [4.78, 5) is 19.6. The quantitative estimate of drug-likeness (QED) is 0.482. The lowest BCUT2D eigenvalue weighted by molar-refractivity contribution is -0.112. The van der Waals surface area contributed by atoms with E-state index in [9.17, 15) is 4.79 Å². The molecule has 0 N–H and O–H groups in total. The molecule has 0 unspecified atom stereocenters. The van der Waals surface area contributed by atoms with Gasteiger partial charge in [-0.05, 0) is 17.7 Å². The van der Waals surface area contributed by atoms with Crippen LogP contribution in [-0.2, 0) is 4.79 Å². The molecule has 0 spiro atoms. The number of carbonyl (C=O) groups excluding carboxylic acids is 1. The lowest BCUT2D eigenvalue weighted by atomic mass is 10.1. The van der Waals surface area contributed by atoms with Crippen LogP contribution in [-0.4, -0.2) is 50.2 Å². The van der Waals surface area contributed by atoms with Gasteiger partial charge in [0.2, 0.25) is 0 Å². The Hall–Kier alpha value is -1.81. The van der Waals surface area contributed by atoms with Crippen LogP contribution in [0.1, 0.15) is 5.56 Å². The fourth-order valence-electron chi connectivity index (χ4n) is 1.40. The second-order valence-electron chi connectivity index (χ2n) is 4.53. The Morgan fingerprint density at radius 3 is 2.42 bits per heavy atom. The van der Waals surface area contributed by atoms with E-state index in [2.05, 4.69) is 4.99 Å². The van der Waals surface area contributed by atoms with E-state index in [0.717, 1.165) is 5.56 Å². The summed E-state index contributed by atoms with van der Waals surface area (Å²) < 4.78 is 0. The largest absolute Gasteiger partial charge is 0.383 e. The molecule has 1 rings (SSSR count). The second-order valence-corrected chi connectivity index (χ2v) is 4.97. The Balaban J connectivity index is 3.13. The average Bonchev–Trinajstić information content (AvgIpc) is 2.32. The molecule has 0 atom stereocenters. The number of halogens is 1. The van der Waals surface area contributed by atoms with E-state index in [1.807, 2.05) is 40.3 Å². The van der Waals surface area contributed by atoms with Crippen molar-refractivity contribution in [3.63, 3.8) is 0 Å². The number of rotatable bonds is 4. The highest BCUT2D eigenvalue weighted by Crippen LogP contribution is 2.20. The third-order valence-electron chi connectivity index (χ3n) is 2.16. The number of hydrogen-bond donors (Lipinski definition) is 0. The first-order valence-electron chi connectivity index (χ1n) is 5.79. The van der Waals surface area contributed by atoms with Crippen molar-refractivity contribution in [2.45, 2.75) is 0 Å². The molecule has 0 bridgehead atoms. The van der Waals surface area contributed by atoms with Crippen molar-refractivity contribution in [3.05, 3.63) is 41.1 Å². The Labute approximate surface area is 119 Å². The van der Waals surface area contributed by atoms with Gasteiger partial charge in [-0.1, -0.05) is 23.7 Å². The van der Waals surface area contributed by atoms with Crippen molar-refractivity contribution >= 4 is 29.4 Å². The van der Waals surface area contributed by atoms with Crippen LogP contribution in [0.5, 0.6) is 0 Å². The van der Waals surface area contributed by atoms with Crippen LogP contribution in [0.3, 0.4) is 0 Å². The standard InChI is InChI=1S/C14H18ClN3O/c1-17(2)9-13(14(19)16-10-18(3)4)11-6-5-7-12(15)8-11/h5-10H,1-4H3/b13-9-,16-10?. The fourth-order valence-corrected chi connectivity index (χ4v) is 1.60. The van der Waals surface area contributed by atoms with Gasteiger partial charge in [-0.3, -0.25) is 4.79 Å². The summed E-state index contributed by atoms with van der Waals surface area (Å²) in [5.41, 5.74) is 1.26. The van der Waals surface area contributed by atoms with Crippen LogP contribution >= 0.6 is 11.6 Å². The predicted octanol–water partition coefficient (Wildman–Crippen LogP) is 2.36. The van der Waals surface area contributed by atoms with E-state index in [1.54, 1.807) is 28.1 Å². The molecular formula is C14H18ClN3O. The molecule has 0 heterocycles. The summed E-state index contributed by atoms with van der Waals surface area (Å²) in [5, 5.41) is 0.589. The van der Waals surface area contributed by atoms with Gasteiger partial charge in [-0.15, -0.1) is 0 Å². The maximum absolute atomic E-state index is 12.1. The van der Waals surface area contributed by atoms with Crippen molar-refractivity contribution < 1.29 is 4.79 Å². The minimum Gasteiger partial charge on any atom is -0.383 e. The summed E-state index contributed by atoms with van der Waals surface area (Å²) in [6.07, 6.45) is 3.22. The summed E-state index contributed by atoms with van der Waals surface area (Å²) in [6, 6.07) is 7.17. The first kappa shape index (κ1) is 15.2. The highest BCUT2D eigenvalue weighted by Gasteiger charge is 2.11. The molecular weight excluding hydrogens is 262 g/mol. The number of hydrogen-bond acceptors (Lipinski definition) is 2. The van der Waals surface area contributed by atoms with Crippen LogP contribution in [0.2, 0.25) is 5.02 Å². The number of carbonyl (C=O) groups is 1. The molecule has 0 fully saturated rings. The summed E-state index contributed by atoms with van der Waals surface area (Å²) in [7, 11) is 7.33. The SMILES string of the molecule is CN(C)C=NC(=O)/C(=C\N(C)C)c1cccc(Cl)c1. The zero-order valence-corrected chi connectivity index (χ0v) is 12.3. The lowest BCUT2D eigenvalue weighted by Crippen LogP contribution is -2.12. The van der Waals surface area contributed by atoms with Crippen molar-refractivity contribution in [1.82, 2.24) is 9.80 Å². The molecule has 1 aromatic carbocycles. The molecule has 1 aromatic rings. The number of benzene rings is 1. The van der Waals surface area contributed by atoms with Gasteiger partial charge >= 0.3 is 0 Å². The second kappa shape index (κ2) is 6.95. The van der Waals surface area contributed by atoms with Gasteiger partial charge in [-0.25, -0.2) is 0 Å². The van der Waals surface area contributed by atoms with Crippen molar-refractivity contribution in [2.75, 3.05) is 28.2 Å². The molecule has 0 aliphatic heterocycles. The Morgan fingerprint density at radius 1 is 1.21 bits per heavy atom. The maximum atomic E-state index is 12.1. The highest BCUT2D eigenvalue weighted by molar-refractivity contribution is 6.31. The van der Waals surface area contributed by atoms with Crippen molar-refractivity contribution in [3.8, 4) is 0 Å². The van der Waals surface area contributed by atoms with Gasteiger partial charge in [0, 0.05) is 39.4 Å². The van der Waals surface area contributed by atoms with Gasteiger partial charge in [0.1, 0.15) is 0 Å².